The van der Waals surface area contributed by atoms with Crippen molar-refractivity contribution in [2.24, 2.45) is 0 Å². The number of hydrogen-bond acceptors (Lipinski definition) is 4. The molecule has 2 heterocycles. The van der Waals surface area contributed by atoms with Crippen molar-refractivity contribution in [2.75, 3.05) is 5.32 Å². The lowest BCUT2D eigenvalue weighted by molar-refractivity contribution is 0.975. The molecule has 9 aromatic rings. The topological polar surface area (TPSA) is 50.7 Å². The predicted molar refractivity (Wildman–Crippen MR) is 223 cm³/mol. The minimum atomic E-state index is -0.0163. The third-order valence-corrected chi connectivity index (χ3v) is 10.3. The van der Waals surface area contributed by atoms with Crippen molar-refractivity contribution in [1.82, 2.24) is 15.0 Å². The van der Waals surface area contributed by atoms with Gasteiger partial charge in [0.2, 0.25) is 0 Å². The number of benzene rings is 8. The highest BCUT2D eigenvalue weighted by atomic mass is 15.0. The third-order valence-electron chi connectivity index (χ3n) is 10.3. The Morgan fingerprint density at radius 1 is 0.389 bits per heavy atom. The fourth-order valence-electron chi connectivity index (χ4n) is 7.63. The van der Waals surface area contributed by atoms with Crippen molar-refractivity contribution in [1.29, 1.82) is 0 Å². The van der Waals surface area contributed by atoms with Crippen LogP contribution in [-0.4, -0.2) is 15.0 Å². The van der Waals surface area contributed by atoms with E-state index in [1.165, 1.54) is 43.8 Å². The van der Waals surface area contributed by atoms with Gasteiger partial charge in [0.15, 0.2) is 17.5 Å². The van der Waals surface area contributed by atoms with E-state index in [1.54, 1.807) is 0 Å². The molecule has 10 rings (SSSR count). The van der Waals surface area contributed by atoms with E-state index in [4.69, 9.17) is 15.0 Å². The Kier molecular flexibility index (Phi) is 7.85. The number of hydrogen-bond donors (Lipinski definition) is 1. The summed E-state index contributed by atoms with van der Waals surface area (Å²) in [6, 6.07) is 66.0. The van der Waals surface area contributed by atoms with Gasteiger partial charge in [0.25, 0.3) is 0 Å². The number of nitrogens with zero attached hydrogens (tertiary/aromatic N) is 3. The summed E-state index contributed by atoms with van der Waals surface area (Å²) >= 11 is 0. The summed E-state index contributed by atoms with van der Waals surface area (Å²) < 4.78 is 0. The van der Waals surface area contributed by atoms with Gasteiger partial charge in [-0.05, 0) is 62.0 Å². The van der Waals surface area contributed by atoms with Crippen molar-refractivity contribution < 1.29 is 0 Å². The monoisotopic (exact) mass is 690 g/mol. The summed E-state index contributed by atoms with van der Waals surface area (Å²) in [6.07, 6.45) is 2.40. The first-order valence-electron chi connectivity index (χ1n) is 18.3. The van der Waals surface area contributed by atoms with Crippen LogP contribution in [0, 0.1) is 0 Å². The van der Waals surface area contributed by atoms with Crippen molar-refractivity contribution in [3.63, 3.8) is 0 Å². The number of rotatable bonds is 6. The molecule has 1 N–H and O–H groups in total. The average Bonchev–Trinajstić information content (AvgIpc) is 3.26. The molecule has 0 saturated heterocycles. The van der Waals surface area contributed by atoms with E-state index in [9.17, 15) is 0 Å². The first-order chi connectivity index (χ1) is 26.7. The van der Waals surface area contributed by atoms with Crippen molar-refractivity contribution in [2.45, 2.75) is 6.04 Å². The lowest BCUT2D eigenvalue weighted by atomic mass is 9.83. The van der Waals surface area contributed by atoms with Crippen LogP contribution in [0.25, 0.3) is 72.4 Å². The number of fused-ring (bicyclic) bond motifs is 4. The number of anilines is 1. The first-order valence-corrected chi connectivity index (χ1v) is 18.3. The molecule has 1 aliphatic rings. The van der Waals surface area contributed by atoms with Gasteiger partial charge in [-0.1, -0.05) is 176 Å². The van der Waals surface area contributed by atoms with E-state index in [0.29, 0.717) is 17.5 Å². The fraction of sp³-hybridized carbons (Fsp3) is 0.0200. The Bertz CT molecular complexity index is 2770. The van der Waals surface area contributed by atoms with Crippen molar-refractivity contribution in [3.05, 3.63) is 211 Å². The molecule has 0 radical (unpaired) electrons. The largest absolute Gasteiger partial charge is 0.374 e. The van der Waals surface area contributed by atoms with Crippen LogP contribution in [0.1, 0.15) is 22.7 Å². The molecule has 1 aliphatic heterocycles. The van der Waals surface area contributed by atoms with Crippen LogP contribution in [0.5, 0.6) is 0 Å². The summed E-state index contributed by atoms with van der Waals surface area (Å²) in [5.41, 5.74) is 11.1. The minimum absolute atomic E-state index is 0.0163. The van der Waals surface area contributed by atoms with Crippen molar-refractivity contribution >= 4 is 32.8 Å². The molecule has 1 unspecified atom stereocenters. The number of aromatic nitrogens is 3. The summed E-state index contributed by atoms with van der Waals surface area (Å²) in [4.78, 5) is 14.8. The Morgan fingerprint density at radius 2 is 0.889 bits per heavy atom. The molecule has 0 fully saturated rings. The zero-order valence-corrected chi connectivity index (χ0v) is 29.4. The van der Waals surface area contributed by atoms with Gasteiger partial charge < -0.3 is 5.32 Å². The van der Waals surface area contributed by atoms with Crippen LogP contribution in [0.3, 0.4) is 0 Å². The summed E-state index contributed by atoms with van der Waals surface area (Å²) in [5.74, 6) is 1.94. The first kappa shape index (κ1) is 31.6. The number of nitrogens with one attached hydrogen (secondary N) is 1. The highest BCUT2D eigenvalue weighted by Gasteiger charge is 2.27. The van der Waals surface area contributed by atoms with Gasteiger partial charge in [-0.2, -0.15) is 0 Å². The zero-order chi connectivity index (χ0) is 35.8. The molecular weight excluding hydrogens is 657 g/mol. The second kappa shape index (κ2) is 13.4. The molecule has 4 nitrogen and oxygen atoms in total. The summed E-state index contributed by atoms with van der Waals surface area (Å²) in [7, 11) is 0. The lowest BCUT2D eigenvalue weighted by Crippen LogP contribution is -2.16. The SMILES string of the molecule is C1=C(c2ccc3ccccc3c2)c2c(c(-c3ccc(-c4nc(-c5ccccc5)nc(-c5ccccc5)n4)cc3)cc3ccccc23)NC1c1ccccc1. The van der Waals surface area contributed by atoms with Gasteiger partial charge in [-0.3, -0.25) is 0 Å². The molecule has 1 aromatic heterocycles. The zero-order valence-electron chi connectivity index (χ0n) is 29.4. The highest BCUT2D eigenvalue weighted by molar-refractivity contribution is 6.09. The van der Waals surface area contributed by atoms with Crippen LogP contribution in [0.4, 0.5) is 5.69 Å². The Labute approximate surface area is 314 Å². The maximum absolute atomic E-state index is 4.98. The standard InChI is InChI=1S/C50H34N4/c1-4-15-35(16-5-1)45-32-43(41-29-24-33-14-10-11-21-39(33)30-41)46-42-23-13-12-22-40(42)31-44(47(46)51-45)34-25-27-38(28-26-34)50-53-48(36-17-6-2-7-18-36)52-49(54-50)37-19-8-3-9-20-37/h1-32,45,51H. The second-order valence-corrected chi connectivity index (χ2v) is 13.7. The van der Waals surface area contributed by atoms with E-state index >= 15 is 0 Å². The van der Waals surface area contributed by atoms with Gasteiger partial charge in [0.05, 0.1) is 11.7 Å². The van der Waals surface area contributed by atoms with Crippen molar-refractivity contribution in [3.8, 4) is 45.3 Å². The molecule has 54 heavy (non-hydrogen) atoms. The van der Waals surface area contributed by atoms with E-state index in [-0.39, 0.29) is 6.04 Å². The molecule has 254 valence electrons. The molecule has 4 heteroatoms. The van der Waals surface area contributed by atoms with Gasteiger partial charge >= 0.3 is 0 Å². The van der Waals surface area contributed by atoms with Gasteiger partial charge in [0, 0.05) is 27.8 Å². The maximum Gasteiger partial charge on any atom is 0.164 e. The Morgan fingerprint density at radius 3 is 1.54 bits per heavy atom. The average molecular weight is 691 g/mol. The lowest BCUT2D eigenvalue weighted by Gasteiger charge is -2.31. The molecule has 0 saturated carbocycles. The summed E-state index contributed by atoms with van der Waals surface area (Å²) in [5, 5.41) is 8.88. The predicted octanol–water partition coefficient (Wildman–Crippen LogP) is 12.4. The molecule has 0 spiro atoms. The van der Waals surface area contributed by atoms with Crippen LogP contribution in [-0.2, 0) is 0 Å². The van der Waals surface area contributed by atoms with Gasteiger partial charge in [-0.15, -0.1) is 0 Å². The van der Waals surface area contributed by atoms with E-state index in [0.717, 1.165) is 33.5 Å². The van der Waals surface area contributed by atoms with Crippen LogP contribution < -0.4 is 5.32 Å². The molecule has 1 atom stereocenters. The minimum Gasteiger partial charge on any atom is -0.374 e. The smallest absolute Gasteiger partial charge is 0.164 e. The van der Waals surface area contributed by atoms with E-state index < -0.39 is 0 Å². The van der Waals surface area contributed by atoms with Crippen LogP contribution >= 0.6 is 0 Å². The van der Waals surface area contributed by atoms with Gasteiger partial charge in [0.1, 0.15) is 0 Å². The Hall–Kier alpha value is -7.17. The van der Waals surface area contributed by atoms with Crippen LogP contribution in [0.2, 0.25) is 0 Å². The van der Waals surface area contributed by atoms with Crippen LogP contribution in [0.15, 0.2) is 194 Å². The quantitative estimate of drug-likeness (QED) is 0.189. The maximum atomic E-state index is 4.98. The molecule has 8 aromatic carbocycles. The molecule has 0 aliphatic carbocycles. The van der Waals surface area contributed by atoms with E-state index in [2.05, 4.69) is 139 Å². The van der Waals surface area contributed by atoms with E-state index in [1.807, 2.05) is 60.7 Å². The van der Waals surface area contributed by atoms with Gasteiger partial charge in [-0.25, -0.2) is 15.0 Å². The summed E-state index contributed by atoms with van der Waals surface area (Å²) in [6.45, 7) is 0. The Balaban J connectivity index is 1.13. The molecule has 0 amide bonds. The highest BCUT2D eigenvalue weighted by Crippen LogP contribution is 2.48. The second-order valence-electron chi connectivity index (χ2n) is 13.7. The fourth-order valence-corrected chi connectivity index (χ4v) is 7.63. The third kappa shape index (κ3) is 5.80. The molecule has 0 bridgehead atoms. The normalized spacial score (nSPS) is 13.6. The molecular formula is C50H34N4.